The summed E-state index contributed by atoms with van der Waals surface area (Å²) in [5.41, 5.74) is 3.12. The Labute approximate surface area is 173 Å². The van der Waals surface area contributed by atoms with Gasteiger partial charge in [-0.15, -0.1) is 0 Å². The molecule has 1 unspecified atom stereocenters. The average molecular weight is 410 g/mol. The Bertz CT molecular complexity index is 674. The molecule has 3 N–H and O–H groups in total. The van der Waals surface area contributed by atoms with E-state index in [9.17, 15) is 19.2 Å². The molecular formula is C21H35N3O5. The van der Waals surface area contributed by atoms with E-state index in [2.05, 4.69) is 5.32 Å². The molecule has 0 aliphatic carbocycles. The lowest BCUT2D eigenvalue weighted by Gasteiger charge is -2.36. The number of nitrogens with one attached hydrogen (secondary N) is 1. The highest BCUT2D eigenvalue weighted by molar-refractivity contribution is 6.13. The van der Waals surface area contributed by atoms with Crippen molar-refractivity contribution >= 4 is 24.0 Å². The third kappa shape index (κ3) is 7.70. The largest absolute Gasteiger partial charge is 0.360 e. The van der Waals surface area contributed by atoms with Gasteiger partial charge in [-0.2, -0.15) is 0 Å². The number of hydrogen-bond acceptors (Lipinski definition) is 6. The molecule has 0 aromatic heterocycles. The van der Waals surface area contributed by atoms with Crippen LogP contribution in [-0.2, 0) is 23.9 Å². The van der Waals surface area contributed by atoms with Gasteiger partial charge in [-0.05, 0) is 47.5 Å². The molecule has 8 nitrogen and oxygen atoms in total. The molecule has 29 heavy (non-hydrogen) atoms. The fraction of sp³-hybridized carbons (Fsp3) is 0.714. The number of hydrogen-bond donors (Lipinski definition) is 2. The summed E-state index contributed by atoms with van der Waals surface area (Å²) in [5.74, 6) is -1.10. The third-order valence-electron chi connectivity index (χ3n) is 4.82. The lowest BCUT2D eigenvalue weighted by Crippen LogP contribution is -2.53. The minimum absolute atomic E-state index is 0.0144. The summed E-state index contributed by atoms with van der Waals surface area (Å²) in [6.07, 6.45) is 4.24. The number of carbonyl (C=O) groups excluding carboxylic acids is 4. The van der Waals surface area contributed by atoms with Crippen LogP contribution in [0.2, 0.25) is 0 Å². The van der Waals surface area contributed by atoms with Crippen molar-refractivity contribution < 1.29 is 23.9 Å². The maximum atomic E-state index is 12.6. The van der Waals surface area contributed by atoms with Gasteiger partial charge in [0.15, 0.2) is 0 Å². The Balaban J connectivity index is 2.60. The van der Waals surface area contributed by atoms with Crippen LogP contribution >= 0.6 is 0 Å². The smallest absolute Gasteiger partial charge is 0.254 e. The van der Waals surface area contributed by atoms with Gasteiger partial charge in [0, 0.05) is 29.5 Å². The van der Waals surface area contributed by atoms with E-state index in [1.54, 1.807) is 34.6 Å². The lowest BCUT2D eigenvalue weighted by molar-refractivity contribution is -0.144. The standard InChI is InChI=1S/C21H35N3O5/c1-18(2,13-25)14-29-21(7,22)11-10-19(3,4)23-15(26)12-20(5,6)24-16(27)8-9-17(24)28/h8-9,13H,10-12,14,22H2,1-7H3,(H,23,26). The molecule has 0 aromatic carbocycles. The van der Waals surface area contributed by atoms with Crippen molar-refractivity contribution in [2.24, 2.45) is 11.1 Å². The Hall–Kier alpha value is -2.06. The van der Waals surface area contributed by atoms with Crippen LogP contribution in [0.3, 0.4) is 0 Å². The van der Waals surface area contributed by atoms with Crippen molar-refractivity contribution in [3.05, 3.63) is 12.2 Å². The first kappa shape index (κ1) is 25.0. The molecule has 1 heterocycles. The SMILES string of the molecule is CC(C)(C=O)COC(C)(N)CCC(C)(C)NC(=O)CC(C)(C)N1C(=O)C=CC1=O. The van der Waals surface area contributed by atoms with E-state index in [4.69, 9.17) is 10.5 Å². The first-order valence-corrected chi connectivity index (χ1v) is 9.77. The Morgan fingerprint density at radius 3 is 2.07 bits per heavy atom. The number of aldehydes is 1. The maximum Gasteiger partial charge on any atom is 0.254 e. The van der Waals surface area contributed by atoms with E-state index in [0.29, 0.717) is 12.8 Å². The summed E-state index contributed by atoms with van der Waals surface area (Å²) >= 11 is 0. The van der Waals surface area contributed by atoms with Crippen molar-refractivity contribution in [1.82, 2.24) is 10.2 Å². The zero-order valence-corrected chi connectivity index (χ0v) is 18.6. The maximum absolute atomic E-state index is 12.6. The topological polar surface area (TPSA) is 119 Å². The molecule has 0 fully saturated rings. The zero-order chi connectivity index (χ0) is 22.7. The van der Waals surface area contributed by atoms with Gasteiger partial charge < -0.3 is 20.6 Å². The fourth-order valence-electron chi connectivity index (χ4n) is 2.97. The second kappa shape index (κ2) is 8.75. The summed E-state index contributed by atoms with van der Waals surface area (Å²) < 4.78 is 5.70. The van der Waals surface area contributed by atoms with Crippen molar-refractivity contribution in [3.8, 4) is 0 Å². The van der Waals surface area contributed by atoms with Crippen LogP contribution in [-0.4, -0.2) is 52.3 Å². The highest BCUT2D eigenvalue weighted by Crippen LogP contribution is 2.25. The van der Waals surface area contributed by atoms with Crippen LogP contribution in [0.25, 0.3) is 0 Å². The molecule has 164 valence electrons. The average Bonchev–Trinajstić information content (AvgIpc) is 2.90. The first-order chi connectivity index (χ1) is 13.0. The minimum Gasteiger partial charge on any atom is -0.360 e. The lowest BCUT2D eigenvalue weighted by atomic mass is 9.92. The Morgan fingerprint density at radius 1 is 1.07 bits per heavy atom. The van der Waals surface area contributed by atoms with Crippen LogP contribution in [0.5, 0.6) is 0 Å². The molecule has 0 saturated carbocycles. The molecule has 1 aliphatic rings. The number of nitrogens with zero attached hydrogens (tertiary/aromatic N) is 1. The highest BCUT2D eigenvalue weighted by atomic mass is 16.5. The van der Waals surface area contributed by atoms with Gasteiger partial charge in [0.1, 0.15) is 12.0 Å². The summed E-state index contributed by atoms with van der Waals surface area (Å²) in [4.78, 5) is 48.5. The second-order valence-electron chi connectivity index (χ2n) is 9.97. The minimum atomic E-state index is -0.943. The van der Waals surface area contributed by atoms with Crippen LogP contribution in [0.15, 0.2) is 12.2 Å². The number of carbonyl (C=O) groups is 4. The molecule has 1 aliphatic heterocycles. The summed E-state index contributed by atoms with van der Waals surface area (Å²) in [6, 6.07) is 0. The zero-order valence-electron chi connectivity index (χ0n) is 18.6. The van der Waals surface area contributed by atoms with E-state index in [-0.39, 0.29) is 18.9 Å². The molecule has 0 radical (unpaired) electrons. The second-order valence-corrected chi connectivity index (χ2v) is 9.97. The summed E-state index contributed by atoms with van der Waals surface area (Å²) in [5, 5.41) is 2.95. The molecule has 0 saturated heterocycles. The Kier molecular flexibility index (Phi) is 7.54. The normalized spacial score (nSPS) is 17.4. The van der Waals surface area contributed by atoms with Crippen molar-refractivity contribution in [2.75, 3.05) is 6.61 Å². The van der Waals surface area contributed by atoms with Gasteiger partial charge in [-0.1, -0.05) is 13.8 Å². The van der Waals surface area contributed by atoms with Crippen LogP contribution in [0.4, 0.5) is 0 Å². The van der Waals surface area contributed by atoms with Gasteiger partial charge >= 0.3 is 0 Å². The van der Waals surface area contributed by atoms with E-state index < -0.39 is 34.0 Å². The first-order valence-electron chi connectivity index (χ1n) is 9.77. The number of nitrogens with two attached hydrogens (primary N) is 1. The fourth-order valence-corrected chi connectivity index (χ4v) is 2.97. The third-order valence-corrected chi connectivity index (χ3v) is 4.82. The molecule has 1 rings (SSSR count). The summed E-state index contributed by atoms with van der Waals surface area (Å²) in [6.45, 7) is 12.6. The quantitative estimate of drug-likeness (QED) is 0.304. The van der Waals surface area contributed by atoms with Crippen LogP contribution in [0, 0.1) is 5.41 Å². The molecular weight excluding hydrogens is 374 g/mol. The van der Waals surface area contributed by atoms with E-state index in [1.807, 2.05) is 13.8 Å². The van der Waals surface area contributed by atoms with E-state index in [1.165, 1.54) is 12.2 Å². The molecule has 3 amide bonds. The van der Waals surface area contributed by atoms with E-state index in [0.717, 1.165) is 11.2 Å². The monoisotopic (exact) mass is 409 g/mol. The predicted molar refractivity (Wildman–Crippen MR) is 110 cm³/mol. The van der Waals surface area contributed by atoms with Gasteiger partial charge in [-0.3, -0.25) is 19.3 Å². The van der Waals surface area contributed by atoms with Crippen molar-refractivity contribution in [2.45, 2.75) is 84.5 Å². The predicted octanol–water partition coefficient (Wildman–Crippen LogP) is 1.67. The van der Waals surface area contributed by atoms with E-state index >= 15 is 0 Å². The number of imide groups is 1. The van der Waals surface area contributed by atoms with Crippen LogP contribution in [0.1, 0.15) is 67.7 Å². The molecule has 1 atom stereocenters. The van der Waals surface area contributed by atoms with Gasteiger partial charge in [0.25, 0.3) is 11.8 Å². The molecule has 0 bridgehead atoms. The molecule has 0 aromatic rings. The molecule has 8 heteroatoms. The van der Waals surface area contributed by atoms with Gasteiger partial charge in [-0.25, -0.2) is 0 Å². The van der Waals surface area contributed by atoms with Crippen LogP contribution < -0.4 is 11.1 Å². The van der Waals surface area contributed by atoms with Gasteiger partial charge in [0.2, 0.25) is 5.91 Å². The summed E-state index contributed by atoms with van der Waals surface area (Å²) in [7, 11) is 0. The van der Waals surface area contributed by atoms with Gasteiger partial charge in [0.05, 0.1) is 12.1 Å². The number of amides is 3. The number of ether oxygens (including phenoxy) is 1. The van der Waals surface area contributed by atoms with Crippen molar-refractivity contribution in [3.63, 3.8) is 0 Å². The van der Waals surface area contributed by atoms with Crippen molar-refractivity contribution in [1.29, 1.82) is 0 Å². The molecule has 0 spiro atoms. The highest BCUT2D eigenvalue weighted by Gasteiger charge is 2.39. The number of rotatable bonds is 11. The Morgan fingerprint density at radius 2 is 1.59 bits per heavy atom.